The van der Waals surface area contributed by atoms with Crippen molar-refractivity contribution in [2.45, 2.75) is 11.8 Å². The first-order valence-corrected chi connectivity index (χ1v) is 4.01. The van der Waals surface area contributed by atoms with Gasteiger partial charge in [0.1, 0.15) is 0 Å². The van der Waals surface area contributed by atoms with Crippen LogP contribution in [0.2, 0.25) is 0 Å². The van der Waals surface area contributed by atoms with Gasteiger partial charge in [-0.1, -0.05) is 0 Å². The van der Waals surface area contributed by atoms with Gasteiger partial charge in [0.15, 0.2) is 20.6 Å². The number of aliphatic carboxylic acids is 1. The van der Waals surface area contributed by atoms with Crippen LogP contribution in [0.25, 0.3) is 0 Å². The van der Waals surface area contributed by atoms with Crippen molar-refractivity contribution in [2.24, 2.45) is 0 Å². The molecular formula is C7H10F4O6. The summed E-state index contributed by atoms with van der Waals surface area (Å²) in [6, 6.07) is 0. The smallest absolute Gasteiger partial charge is 0.389 e. The fourth-order valence-corrected chi connectivity index (χ4v) is 0.962. The molecule has 6 nitrogen and oxygen atoms in total. The second kappa shape index (κ2) is 6.69. The molecule has 0 amide bonds. The Bertz CT molecular complexity index is 235. The summed E-state index contributed by atoms with van der Waals surface area (Å²) < 4.78 is 65.3. The summed E-state index contributed by atoms with van der Waals surface area (Å²) in [6.07, 6.45) is 0. The SMILES string of the molecule is COC(F)(C(=O)O)C(OCF)(OCF)OCF. The molecule has 0 heterocycles. The number of methoxy groups -OCH3 is 1. The third-order valence-corrected chi connectivity index (χ3v) is 1.68. The van der Waals surface area contributed by atoms with Gasteiger partial charge in [0.2, 0.25) is 0 Å². The standard InChI is InChI=1S/C7H10F4O6/c1-14-6(11,5(12)13)7(15-2-8,16-3-9)17-4-10/h2-4H2,1H3,(H,12,13). The van der Waals surface area contributed by atoms with Gasteiger partial charge >= 0.3 is 17.8 Å². The molecule has 17 heavy (non-hydrogen) atoms. The molecule has 0 rings (SSSR count). The van der Waals surface area contributed by atoms with Gasteiger partial charge in [0, 0.05) is 7.11 Å². The monoisotopic (exact) mass is 266 g/mol. The molecule has 0 saturated heterocycles. The lowest BCUT2D eigenvalue weighted by Gasteiger charge is -2.36. The van der Waals surface area contributed by atoms with Crippen molar-refractivity contribution in [3.63, 3.8) is 0 Å². The first-order valence-electron chi connectivity index (χ1n) is 4.01. The molecule has 0 aliphatic carbocycles. The number of halogens is 4. The van der Waals surface area contributed by atoms with Gasteiger partial charge in [-0.3, -0.25) is 14.2 Å². The molecule has 0 bridgehead atoms. The van der Waals surface area contributed by atoms with Crippen LogP contribution in [-0.2, 0) is 23.7 Å². The predicted molar refractivity (Wildman–Crippen MR) is 42.4 cm³/mol. The minimum atomic E-state index is -3.96. The molecule has 0 aliphatic rings. The first kappa shape index (κ1) is 16.0. The maximum atomic E-state index is 13.8. The normalized spacial score (nSPS) is 15.6. The van der Waals surface area contributed by atoms with Gasteiger partial charge in [-0.05, 0) is 0 Å². The third kappa shape index (κ3) is 3.03. The largest absolute Gasteiger partial charge is 0.477 e. The summed E-state index contributed by atoms with van der Waals surface area (Å²) >= 11 is 0. The Morgan fingerprint density at radius 2 is 1.47 bits per heavy atom. The van der Waals surface area contributed by atoms with Crippen LogP contribution in [-0.4, -0.2) is 50.6 Å². The predicted octanol–water partition coefficient (Wildman–Crippen LogP) is 0.868. The van der Waals surface area contributed by atoms with E-state index in [4.69, 9.17) is 5.11 Å². The number of carboxylic acid groups (broad SMARTS) is 1. The molecule has 1 N–H and O–H groups in total. The van der Waals surface area contributed by atoms with Gasteiger partial charge in [0.25, 0.3) is 0 Å². The van der Waals surface area contributed by atoms with Crippen LogP contribution in [0, 0.1) is 0 Å². The molecule has 0 saturated carbocycles. The summed E-state index contributed by atoms with van der Waals surface area (Å²) in [4.78, 5) is 10.6. The zero-order chi connectivity index (χ0) is 13.5. The quantitative estimate of drug-likeness (QED) is 0.493. The Morgan fingerprint density at radius 3 is 1.65 bits per heavy atom. The van der Waals surface area contributed by atoms with Crippen LogP contribution in [0.3, 0.4) is 0 Å². The highest BCUT2D eigenvalue weighted by Crippen LogP contribution is 2.34. The lowest BCUT2D eigenvalue weighted by Crippen LogP contribution is -2.62. The number of hydrogen-bond donors (Lipinski definition) is 1. The minimum Gasteiger partial charge on any atom is -0.477 e. The average molecular weight is 266 g/mol. The second-order valence-corrected chi connectivity index (χ2v) is 2.42. The van der Waals surface area contributed by atoms with E-state index in [-0.39, 0.29) is 0 Å². The molecule has 1 unspecified atom stereocenters. The van der Waals surface area contributed by atoms with Crippen molar-refractivity contribution in [3.05, 3.63) is 0 Å². The van der Waals surface area contributed by atoms with Crippen molar-refractivity contribution in [2.75, 3.05) is 27.7 Å². The first-order chi connectivity index (χ1) is 7.94. The van der Waals surface area contributed by atoms with Crippen LogP contribution < -0.4 is 0 Å². The Balaban J connectivity index is 5.41. The Morgan fingerprint density at radius 1 is 1.12 bits per heavy atom. The minimum absolute atomic E-state index is 0.535. The van der Waals surface area contributed by atoms with Crippen LogP contribution in [0.4, 0.5) is 17.6 Å². The fourth-order valence-electron chi connectivity index (χ4n) is 0.962. The molecular weight excluding hydrogens is 256 g/mol. The topological polar surface area (TPSA) is 74.2 Å². The van der Waals surface area contributed by atoms with Crippen molar-refractivity contribution >= 4 is 5.97 Å². The van der Waals surface area contributed by atoms with Gasteiger partial charge < -0.3 is 9.84 Å². The molecule has 0 aromatic heterocycles. The van der Waals surface area contributed by atoms with E-state index in [2.05, 4.69) is 18.9 Å². The molecule has 0 aromatic carbocycles. The van der Waals surface area contributed by atoms with E-state index in [9.17, 15) is 22.4 Å². The van der Waals surface area contributed by atoms with Crippen LogP contribution in [0.5, 0.6) is 0 Å². The summed E-state index contributed by atoms with van der Waals surface area (Å²) in [7, 11) is 0.535. The third-order valence-electron chi connectivity index (χ3n) is 1.68. The van der Waals surface area contributed by atoms with Crippen LogP contribution >= 0.6 is 0 Å². The number of ether oxygens (including phenoxy) is 4. The van der Waals surface area contributed by atoms with Crippen molar-refractivity contribution in [1.82, 2.24) is 0 Å². The maximum Gasteiger partial charge on any atom is 0.389 e. The lowest BCUT2D eigenvalue weighted by molar-refractivity contribution is -0.476. The summed E-state index contributed by atoms with van der Waals surface area (Å²) in [6.45, 7) is -5.49. The number of alkyl halides is 4. The van der Waals surface area contributed by atoms with Crippen LogP contribution in [0.15, 0.2) is 0 Å². The number of hydrogen-bond acceptors (Lipinski definition) is 5. The van der Waals surface area contributed by atoms with Crippen molar-refractivity contribution in [3.8, 4) is 0 Å². The number of carboxylic acids is 1. The summed E-state index contributed by atoms with van der Waals surface area (Å²) in [5, 5.41) is 8.54. The van der Waals surface area contributed by atoms with Gasteiger partial charge in [0.05, 0.1) is 0 Å². The zero-order valence-corrected chi connectivity index (χ0v) is 8.62. The zero-order valence-electron chi connectivity index (χ0n) is 8.62. The average Bonchev–Trinajstić information content (AvgIpc) is 2.28. The van der Waals surface area contributed by atoms with E-state index < -0.39 is 38.4 Å². The molecule has 1 atom stereocenters. The lowest BCUT2D eigenvalue weighted by atomic mass is 10.2. The maximum absolute atomic E-state index is 13.8. The molecule has 0 radical (unpaired) electrons. The van der Waals surface area contributed by atoms with E-state index in [1.54, 1.807) is 0 Å². The summed E-state index contributed by atoms with van der Waals surface area (Å²) in [5.41, 5.74) is 0. The van der Waals surface area contributed by atoms with E-state index in [1.165, 1.54) is 0 Å². The van der Waals surface area contributed by atoms with E-state index in [1.807, 2.05) is 0 Å². The molecule has 0 aliphatic heterocycles. The number of carbonyl (C=O) groups is 1. The Hall–Kier alpha value is -0.970. The van der Waals surface area contributed by atoms with Crippen molar-refractivity contribution < 1.29 is 46.4 Å². The highest BCUT2D eigenvalue weighted by atomic mass is 19.2. The van der Waals surface area contributed by atoms with E-state index in [0.29, 0.717) is 7.11 Å². The van der Waals surface area contributed by atoms with Crippen molar-refractivity contribution in [1.29, 1.82) is 0 Å². The highest BCUT2D eigenvalue weighted by molar-refractivity contribution is 5.76. The molecule has 0 aromatic rings. The second-order valence-electron chi connectivity index (χ2n) is 2.42. The molecule has 10 heteroatoms. The fraction of sp³-hybridized carbons (Fsp3) is 0.857. The van der Waals surface area contributed by atoms with Gasteiger partial charge in [-0.2, -0.15) is 4.39 Å². The van der Waals surface area contributed by atoms with E-state index in [0.717, 1.165) is 0 Å². The van der Waals surface area contributed by atoms with Gasteiger partial charge in [-0.25, -0.2) is 18.0 Å². The van der Waals surface area contributed by atoms with Crippen LogP contribution in [0.1, 0.15) is 0 Å². The molecule has 0 fully saturated rings. The number of rotatable bonds is 9. The molecule has 102 valence electrons. The highest BCUT2D eigenvalue weighted by Gasteiger charge is 2.65. The van der Waals surface area contributed by atoms with E-state index >= 15 is 0 Å². The molecule has 0 spiro atoms. The van der Waals surface area contributed by atoms with Gasteiger partial charge in [-0.15, -0.1) is 0 Å². The Kier molecular flexibility index (Phi) is 6.31. The summed E-state index contributed by atoms with van der Waals surface area (Å²) in [5.74, 6) is -9.88. The Labute approximate surface area is 93.0 Å².